The second-order valence-corrected chi connectivity index (χ2v) is 4.16. The molecule has 1 aliphatic rings. The van der Waals surface area contributed by atoms with Crippen LogP contribution in [0.15, 0.2) is 6.33 Å². The van der Waals surface area contributed by atoms with Crippen LogP contribution in [0.1, 0.15) is 18.7 Å². The quantitative estimate of drug-likeness (QED) is 0.722. The zero-order valence-corrected chi connectivity index (χ0v) is 9.61. The van der Waals surface area contributed by atoms with Crippen molar-refractivity contribution in [1.29, 1.82) is 0 Å². The highest BCUT2D eigenvalue weighted by Gasteiger charge is 2.18. The number of hydrogen-bond donors (Lipinski definition) is 1. The van der Waals surface area contributed by atoms with Gasteiger partial charge in [0.25, 0.3) is 0 Å². The number of rotatable bonds is 3. The molecule has 1 saturated heterocycles. The van der Waals surface area contributed by atoms with Gasteiger partial charge < -0.3 is 10.6 Å². The van der Waals surface area contributed by atoms with E-state index in [1.54, 1.807) is 0 Å². The van der Waals surface area contributed by atoms with Crippen molar-refractivity contribution < 1.29 is 4.79 Å². The number of hydrogen-bond acceptors (Lipinski definition) is 4. The Kier molecular flexibility index (Phi) is 3.14. The van der Waals surface area contributed by atoms with E-state index in [4.69, 9.17) is 18.0 Å². The molecular weight excluding hydrogens is 226 g/mol. The van der Waals surface area contributed by atoms with Crippen molar-refractivity contribution in [3.63, 3.8) is 0 Å². The standard InChI is InChI=1S/C9H13N5OS/c10-8(16)9-11-6-14(12-9)5-7(15)13-3-1-2-4-13/h6H,1-5H2,(H2,10,16). The maximum absolute atomic E-state index is 11.8. The lowest BCUT2D eigenvalue weighted by molar-refractivity contribution is -0.130. The largest absolute Gasteiger partial charge is 0.387 e. The third-order valence-electron chi connectivity index (χ3n) is 2.51. The lowest BCUT2D eigenvalue weighted by Gasteiger charge is -2.14. The van der Waals surface area contributed by atoms with Crippen molar-refractivity contribution in [2.75, 3.05) is 13.1 Å². The van der Waals surface area contributed by atoms with Crippen molar-refractivity contribution in [2.24, 2.45) is 5.73 Å². The zero-order chi connectivity index (χ0) is 11.5. The number of carbonyl (C=O) groups excluding carboxylic acids is 1. The Bertz CT molecular complexity index is 410. The normalized spacial score (nSPS) is 15.4. The van der Waals surface area contributed by atoms with Gasteiger partial charge in [0.05, 0.1) is 0 Å². The Morgan fingerprint density at radius 2 is 2.19 bits per heavy atom. The maximum atomic E-state index is 11.8. The minimum absolute atomic E-state index is 0.0666. The van der Waals surface area contributed by atoms with Crippen molar-refractivity contribution in [1.82, 2.24) is 19.7 Å². The summed E-state index contributed by atoms with van der Waals surface area (Å²) in [7, 11) is 0. The number of amides is 1. The van der Waals surface area contributed by atoms with Crippen LogP contribution in [0.4, 0.5) is 0 Å². The molecule has 1 aromatic rings. The molecule has 6 nitrogen and oxygen atoms in total. The summed E-state index contributed by atoms with van der Waals surface area (Å²) in [5, 5.41) is 4.01. The highest BCUT2D eigenvalue weighted by Crippen LogP contribution is 2.07. The molecule has 2 N–H and O–H groups in total. The van der Waals surface area contributed by atoms with Crippen LogP contribution in [0, 0.1) is 0 Å². The van der Waals surface area contributed by atoms with Crippen LogP contribution < -0.4 is 5.73 Å². The van der Waals surface area contributed by atoms with Gasteiger partial charge in [-0.15, -0.1) is 5.10 Å². The molecule has 0 atom stereocenters. The molecule has 0 bridgehead atoms. The van der Waals surface area contributed by atoms with Gasteiger partial charge in [-0.3, -0.25) is 4.79 Å². The second-order valence-electron chi connectivity index (χ2n) is 3.72. The van der Waals surface area contributed by atoms with Crippen LogP contribution in [0.25, 0.3) is 0 Å². The van der Waals surface area contributed by atoms with Crippen molar-refractivity contribution >= 4 is 23.1 Å². The van der Waals surface area contributed by atoms with Gasteiger partial charge in [0.1, 0.15) is 17.9 Å². The Morgan fingerprint density at radius 1 is 1.50 bits per heavy atom. The van der Waals surface area contributed by atoms with E-state index in [-0.39, 0.29) is 17.4 Å². The van der Waals surface area contributed by atoms with Crippen molar-refractivity contribution in [2.45, 2.75) is 19.4 Å². The fraction of sp³-hybridized carbons (Fsp3) is 0.556. The Hall–Kier alpha value is -1.50. The smallest absolute Gasteiger partial charge is 0.244 e. The Balaban J connectivity index is 1.97. The number of likely N-dealkylation sites (tertiary alicyclic amines) is 1. The van der Waals surface area contributed by atoms with E-state index in [2.05, 4.69) is 10.1 Å². The fourth-order valence-electron chi connectivity index (χ4n) is 1.69. The first-order chi connectivity index (χ1) is 7.66. The number of carbonyl (C=O) groups is 1. The molecule has 0 unspecified atom stereocenters. The summed E-state index contributed by atoms with van der Waals surface area (Å²) in [6.45, 7) is 1.89. The third kappa shape index (κ3) is 2.35. The molecule has 0 spiro atoms. The van der Waals surface area contributed by atoms with Gasteiger partial charge in [0.15, 0.2) is 0 Å². The summed E-state index contributed by atoms with van der Waals surface area (Å²) >= 11 is 4.74. The second kappa shape index (κ2) is 4.56. The van der Waals surface area contributed by atoms with Crippen LogP contribution >= 0.6 is 12.2 Å². The number of nitrogens with zero attached hydrogens (tertiary/aromatic N) is 4. The average molecular weight is 239 g/mol. The van der Waals surface area contributed by atoms with Gasteiger partial charge in [-0.2, -0.15) is 0 Å². The summed E-state index contributed by atoms with van der Waals surface area (Å²) in [6, 6.07) is 0. The van der Waals surface area contributed by atoms with E-state index in [9.17, 15) is 4.79 Å². The van der Waals surface area contributed by atoms with E-state index in [1.165, 1.54) is 11.0 Å². The molecule has 0 aliphatic carbocycles. The number of thiocarbonyl (C=S) groups is 1. The van der Waals surface area contributed by atoms with Gasteiger partial charge in [0, 0.05) is 13.1 Å². The van der Waals surface area contributed by atoms with Crippen molar-refractivity contribution in [3.8, 4) is 0 Å². The molecule has 1 amide bonds. The van der Waals surface area contributed by atoms with E-state index < -0.39 is 0 Å². The molecule has 1 aliphatic heterocycles. The summed E-state index contributed by atoms with van der Waals surface area (Å²) in [4.78, 5) is 17.7. The van der Waals surface area contributed by atoms with Crippen LogP contribution in [-0.2, 0) is 11.3 Å². The Labute approximate surface area is 98.4 Å². The molecular formula is C9H13N5OS. The zero-order valence-electron chi connectivity index (χ0n) is 8.80. The highest BCUT2D eigenvalue weighted by molar-refractivity contribution is 7.80. The molecule has 2 heterocycles. The molecule has 86 valence electrons. The molecule has 1 fully saturated rings. The Morgan fingerprint density at radius 3 is 2.75 bits per heavy atom. The molecule has 0 saturated carbocycles. The molecule has 16 heavy (non-hydrogen) atoms. The van der Waals surface area contributed by atoms with Crippen LogP contribution in [-0.4, -0.2) is 43.6 Å². The van der Waals surface area contributed by atoms with E-state index in [1.807, 2.05) is 4.90 Å². The predicted molar refractivity (Wildman–Crippen MR) is 61.7 cm³/mol. The van der Waals surface area contributed by atoms with Gasteiger partial charge in [-0.05, 0) is 12.8 Å². The first-order valence-corrected chi connectivity index (χ1v) is 5.54. The lowest BCUT2D eigenvalue weighted by atomic mass is 10.4. The average Bonchev–Trinajstić information content (AvgIpc) is 2.87. The molecule has 0 aromatic carbocycles. The van der Waals surface area contributed by atoms with Gasteiger partial charge >= 0.3 is 0 Å². The molecule has 7 heteroatoms. The summed E-state index contributed by atoms with van der Waals surface area (Å²) in [6.07, 6.45) is 3.64. The molecule has 1 aromatic heterocycles. The van der Waals surface area contributed by atoms with Gasteiger partial charge in [-0.25, -0.2) is 9.67 Å². The number of aromatic nitrogens is 3. The summed E-state index contributed by atoms with van der Waals surface area (Å²) in [5.74, 6) is 0.376. The predicted octanol–water partition coefficient (Wildman–Crippen LogP) is -0.465. The summed E-state index contributed by atoms with van der Waals surface area (Å²) in [5.41, 5.74) is 5.38. The van der Waals surface area contributed by atoms with E-state index in [0.29, 0.717) is 5.82 Å². The first-order valence-electron chi connectivity index (χ1n) is 5.14. The van der Waals surface area contributed by atoms with E-state index in [0.717, 1.165) is 25.9 Å². The van der Waals surface area contributed by atoms with Gasteiger partial charge in [-0.1, -0.05) is 12.2 Å². The number of nitrogens with two attached hydrogens (primary N) is 1. The minimum atomic E-state index is 0.0666. The fourth-order valence-corrected chi connectivity index (χ4v) is 1.78. The third-order valence-corrected chi connectivity index (χ3v) is 2.70. The van der Waals surface area contributed by atoms with Crippen LogP contribution in [0.2, 0.25) is 0 Å². The molecule has 2 rings (SSSR count). The monoisotopic (exact) mass is 239 g/mol. The summed E-state index contributed by atoms with van der Waals surface area (Å²) < 4.78 is 1.47. The first kappa shape index (κ1) is 11.0. The topological polar surface area (TPSA) is 77.0 Å². The lowest BCUT2D eigenvalue weighted by Crippen LogP contribution is -2.31. The maximum Gasteiger partial charge on any atom is 0.244 e. The SMILES string of the molecule is NC(=S)c1ncn(CC(=O)N2CCCC2)n1. The van der Waals surface area contributed by atoms with Crippen molar-refractivity contribution in [3.05, 3.63) is 12.2 Å². The van der Waals surface area contributed by atoms with Crippen LogP contribution in [0.3, 0.4) is 0 Å². The van der Waals surface area contributed by atoms with Crippen LogP contribution in [0.5, 0.6) is 0 Å². The highest BCUT2D eigenvalue weighted by atomic mass is 32.1. The minimum Gasteiger partial charge on any atom is -0.387 e. The van der Waals surface area contributed by atoms with Gasteiger partial charge in [0.2, 0.25) is 11.7 Å². The molecule has 0 radical (unpaired) electrons. The van der Waals surface area contributed by atoms with E-state index >= 15 is 0 Å².